The monoisotopic (exact) mass is 445 g/mol. The third-order valence-corrected chi connectivity index (χ3v) is 7.70. The van der Waals surface area contributed by atoms with Gasteiger partial charge in [0.15, 0.2) is 0 Å². The van der Waals surface area contributed by atoms with E-state index in [1.54, 1.807) is 12.1 Å². The number of carbonyl (C=O) groups is 1. The molecule has 0 saturated carbocycles. The lowest BCUT2D eigenvalue weighted by atomic mass is 10.1. The molecule has 1 N–H and O–H groups in total. The van der Waals surface area contributed by atoms with E-state index in [4.69, 9.17) is 4.74 Å². The van der Waals surface area contributed by atoms with Crippen molar-refractivity contribution in [2.45, 2.75) is 43.7 Å². The minimum Gasteiger partial charge on any atom is -0.495 e. The molecular weight excluding hydrogens is 414 g/mol. The highest BCUT2D eigenvalue weighted by atomic mass is 32.2. The van der Waals surface area contributed by atoms with E-state index in [1.165, 1.54) is 17.5 Å². The van der Waals surface area contributed by atoms with Crippen LogP contribution >= 0.6 is 0 Å². The van der Waals surface area contributed by atoms with Crippen LogP contribution in [0.5, 0.6) is 5.75 Å². The first-order valence-corrected chi connectivity index (χ1v) is 11.9. The highest BCUT2D eigenvalue weighted by molar-refractivity contribution is 7.89. The number of nitrogens with one attached hydrogen (secondary N) is 1. The molecule has 1 saturated heterocycles. The van der Waals surface area contributed by atoms with Gasteiger partial charge in [-0.2, -0.15) is 4.31 Å². The van der Waals surface area contributed by atoms with Gasteiger partial charge in [0.05, 0.1) is 7.11 Å². The fraction of sp³-hybridized carbons (Fsp3) is 0.435. The van der Waals surface area contributed by atoms with Gasteiger partial charge in [-0.15, -0.1) is 0 Å². The predicted octanol–water partition coefficient (Wildman–Crippen LogP) is 3.25. The number of hydrogen-bond donors (Lipinski definition) is 1. The molecular formula is C23H31N3O4S. The molecule has 3 rings (SSSR count). The van der Waals surface area contributed by atoms with Gasteiger partial charge in [-0.05, 0) is 55.7 Å². The van der Waals surface area contributed by atoms with E-state index < -0.39 is 10.0 Å². The van der Waals surface area contributed by atoms with Gasteiger partial charge in [-0.3, -0.25) is 4.79 Å². The van der Waals surface area contributed by atoms with Crippen LogP contribution in [0.4, 0.5) is 5.69 Å². The largest absolute Gasteiger partial charge is 0.495 e. The van der Waals surface area contributed by atoms with Crippen molar-refractivity contribution >= 4 is 21.6 Å². The second kappa shape index (κ2) is 9.70. The Labute approximate surface area is 185 Å². The number of hydrogen-bond acceptors (Lipinski definition) is 5. The lowest BCUT2D eigenvalue weighted by Crippen LogP contribution is -2.42. The average molecular weight is 446 g/mol. The molecule has 0 aromatic heterocycles. The molecule has 7 nitrogen and oxygen atoms in total. The fourth-order valence-corrected chi connectivity index (χ4v) is 5.65. The number of anilines is 1. The van der Waals surface area contributed by atoms with Crippen molar-refractivity contribution in [3.05, 3.63) is 53.6 Å². The Morgan fingerprint density at radius 3 is 2.48 bits per heavy atom. The van der Waals surface area contributed by atoms with E-state index in [9.17, 15) is 13.2 Å². The zero-order valence-corrected chi connectivity index (χ0v) is 19.4. The molecule has 1 heterocycles. The van der Waals surface area contributed by atoms with Crippen LogP contribution in [0.3, 0.4) is 0 Å². The predicted molar refractivity (Wildman–Crippen MR) is 122 cm³/mol. The smallest absolute Gasteiger partial charge is 0.251 e. The van der Waals surface area contributed by atoms with Gasteiger partial charge < -0.3 is 15.0 Å². The van der Waals surface area contributed by atoms with E-state index >= 15 is 0 Å². The number of carbonyl (C=O) groups excluding carboxylic acids is 1. The Hall–Kier alpha value is -2.58. The highest BCUT2D eigenvalue weighted by Gasteiger charge is 2.33. The second-order valence-electron chi connectivity index (χ2n) is 8.07. The first-order valence-electron chi connectivity index (χ1n) is 10.5. The summed E-state index contributed by atoms with van der Waals surface area (Å²) in [5.74, 6) is -0.0870. The van der Waals surface area contributed by atoms with Gasteiger partial charge in [0.25, 0.3) is 5.91 Å². The van der Waals surface area contributed by atoms with Crippen LogP contribution in [0.15, 0.2) is 47.4 Å². The topological polar surface area (TPSA) is 79.0 Å². The maximum Gasteiger partial charge on any atom is 0.251 e. The molecule has 31 heavy (non-hydrogen) atoms. The summed E-state index contributed by atoms with van der Waals surface area (Å²) in [4.78, 5) is 14.8. The average Bonchev–Trinajstić information content (AvgIpc) is 2.77. The van der Waals surface area contributed by atoms with Crippen LogP contribution < -0.4 is 15.0 Å². The van der Waals surface area contributed by atoms with Gasteiger partial charge >= 0.3 is 0 Å². The van der Waals surface area contributed by atoms with Crippen LogP contribution in [0, 0.1) is 0 Å². The molecule has 1 amide bonds. The van der Waals surface area contributed by atoms with E-state index in [2.05, 4.69) is 5.32 Å². The Morgan fingerprint density at radius 1 is 1.16 bits per heavy atom. The third-order valence-electron chi connectivity index (χ3n) is 5.66. The number of sulfonamides is 1. The quantitative estimate of drug-likeness (QED) is 0.708. The molecule has 1 atom stereocenters. The Kier molecular flexibility index (Phi) is 7.23. The summed E-state index contributed by atoms with van der Waals surface area (Å²) in [5.41, 5.74) is 2.32. The Morgan fingerprint density at radius 2 is 1.87 bits per heavy atom. The maximum absolute atomic E-state index is 13.3. The number of ether oxygens (including phenoxy) is 1. The van der Waals surface area contributed by atoms with E-state index in [-0.39, 0.29) is 28.2 Å². The molecule has 1 aliphatic heterocycles. The molecule has 0 spiro atoms. The second-order valence-corrected chi connectivity index (χ2v) is 9.93. The Bertz CT molecular complexity index is 1020. The molecule has 2 aromatic carbocycles. The summed E-state index contributed by atoms with van der Waals surface area (Å²) in [6.45, 7) is 2.75. The van der Waals surface area contributed by atoms with Crippen molar-refractivity contribution in [2.75, 3.05) is 32.6 Å². The molecule has 168 valence electrons. The standard InChI is InChI=1S/C23H31N3O4S/c1-17-7-5-6-14-26(17)31(28,29)22-15-19(10-13-21(22)30-4)23(27)24-16-18-8-11-20(12-9-18)25(2)3/h8-13,15,17H,5-7,14,16H2,1-4H3,(H,24,27). The number of piperidine rings is 1. The summed E-state index contributed by atoms with van der Waals surface area (Å²) in [6, 6.07) is 12.4. The van der Waals surface area contributed by atoms with Gasteiger partial charge in [0.1, 0.15) is 10.6 Å². The van der Waals surface area contributed by atoms with Crippen molar-refractivity contribution in [2.24, 2.45) is 0 Å². The van der Waals surface area contributed by atoms with Crippen molar-refractivity contribution in [3.63, 3.8) is 0 Å². The zero-order valence-electron chi connectivity index (χ0n) is 18.6. The lowest BCUT2D eigenvalue weighted by Gasteiger charge is -2.32. The zero-order chi connectivity index (χ0) is 22.6. The first kappa shape index (κ1) is 23.1. The van der Waals surface area contributed by atoms with Crippen LogP contribution in [-0.2, 0) is 16.6 Å². The van der Waals surface area contributed by atoms with E-state index in [0.29, 0.717) is 13.1 Å². The molecule has 8 heteroatoms. The van der Waals surface area contributed by atoms with Crippen molar-refractivity contribution in [1.29, 1.82) is 0 Å². The molecule has 0 bridgehead atoms. The molecule has 0 aliphatic carbocycles. The molecule has 1 aliphatic rings. The molecule has 2 aromatic rings. The van der Waals surface area contributed by atoms with Crippen LogP contribution in [0.25, 0.3) is 0 Å². The van der Waals surface area contributed by atoms with E-state index in [1.807, 2.05) is 50.2 Å². The molecule has 1 fully saturated rings. The van der Waals surface area contributed by atoms with Gasteiger partial charge in [0, 0.05) is 44.5 Å². The number of nitrogens with zero attached hydrogens (tertiary/aromatic N) is 2. The van der Waals surface area contributed by atoms with Gasteiger partial charge in [-0.1, -0.05) is 18.6 Å². The number of benzene rings is 2. The molecule has 1 unspecified atom stereocenters. The minimum absolute atomic E-state index is 0.0340. The summed E-state index contributed by atoms with van der Waals surface area (Å²) in [5, 5.41) is 2.87. The lowest BCUT2D eigenvalue weighted by molar-refractivity contribution is 0.0950. The number of rotatable bonds is 7. The van der Waals surface area contributed by atoms with Gasteiger partial charge in [0.2, 0.25) is 10.0 Å². The van der Waals surface area contributed by atoms with Crippen molar-refractivity contribution in [3.8, 4) is 5.75 Å². The summed E-state index contributed by atoms with van der Waals surface area (Å²) < 4.78 is 33.5. The van der Waals surface area contributed by atoms with Crippen LogP contribution in [0.1, 0.15) is 42.1 Å². The van der Waals surface area contributed by atoms with Crippen LogP contribution in [-0.4, -0.2) is 52.4 Å². The van der Waals surface area contributed by atoms with Crippen LogP contribution in [0.2, 0.25) is 0 Å². The first-order chi connectivity index (χ1) is 14.7. The van der Waals surface area contributed by atoms with Crippen molar-refractivity contribution in [1.82, 2.24) is 9.62 Å². The number of amides is 1. The Balaban J connectivity index is 1.80. The maximum atomic E-state index is 13.3. The van der Waals surface area contributed by atoms with Crippen molar-refractivity contribution < 1.29 is 17.9 Å². The highest BCUT2D eigenvalue weighted by Crippen LogP contribution is 2.31. The summed E-state index contributed by atoms with van der Waals surface area (Å²) in [6.07, 6.45) is 2.68. The number of methoxy groups -OCH3 is 1. The molecule has 0 radical (unpaired) electrons. The fourth-order valence-electron chi connectivity index (χ4n) is 3.77. The van der Waals surface area contributed by atoms with E-state index in [0.717, 1.165) is 30.5 Å². The SMILES string of the molecule is COc1ccc(C(=O)NCc2ccc(N(C)C)cc2)cc1S(=O)(=O)N1CCCCC1C. The normalized spacial score (nSPS) is 17.2. The third kappa shape index (κ3) is 5.19. The summed E-state index contributed by atoms with van der Waals surface area (Å²) in [7, 11) is 1.61. The van der Waals surface area contributed by atoms with Gasteiger partial charge in [-0.25, -0.2) is 8.42 Å². The minimum atomic E-state index is -3.77. The summed E-state index contributed by atoms with van der Waals surface area (Å²) >= 11 is 0.